The van der Waals surface area contributed by atoms with Gasteiger partial charge >= 0.3 is 0 Å². The van der Waals surface area contributed by atoms with E-state index in [1.807, 2.05) is 0 Å². The molecule has 0 spiro atoms. The maximum atomic E-state index is 12.1. The molecule has 0 aliphatic carbocycles. The second-order valence-corrected chi connectivity index (χ2v) is 6.12. The van der Waals surface area contributed by atoms with Gasteiger partial charge in [0.05, 0.1) is 16.5 Å². The monoisotopic (exact) mass is 381 g/mol. The highest BCUT2D eigenvalue weighted by molar-refractivity contribution is 6.42. The minimum absolute atomic E-state index is 0.152. The van der Waals surface area contributed by atoms with Crippen LogP contribution in [0.2, 0.25) is 10.0 Å². The number of fused-ring (bicyclic) bond motifs is 1. The number of rotatable bonds is 6. The molecule has 3 rings (SSSR count). The molecule has 4 N–H and O–H groups in total. The first-order valence-corrected chi connectivity index (χ1v) is 8.00. The number of aliphatic hydroxyl groups excluding tert-OH is 1. The molecule has 0 amide bonds. The molecule has 0 radical (unpaired) electrons. The van der Waals surface area contributed by atoms with Crippen molar-refractivity contribution < 1.29 is 9.90 Å². The summed E-state index contributed by atoms with van der Waals surface area (Å²) >= 11 is 11.7. The second-order valence-electron chi connectivity index (χ2n) is 5.31. The van der Waals surface area contributed by atoms with Crippen molar-refractivity contribution in [2.75, 3.05) is 0 Å². The predicted octanol–water partition coefficient (Wildman–Crippen LogP) is 1.17. The summed E-state index contributed by atoms with van der Waals surface area (Å²) in [4.78, 5) is 30.5. The van der Waals surface area contributed by atoms with Crippen LogP contribution < -0.4 is 10.9 Å². The van der Waals surface area contributed by atoms with E-state index in [1.165, 1.54) is 6.20 Å². The van der Waals surface area contributed by atoms with Crippen molar-refractivity contribution >= 4 is 40.0 Å². The van der Waals surface area contributed by atoms with Crippen molar-refractivity contribution in [3.63, 3.8) is 0 Å². The maximum Gasteiger partial charge on any atom is 0.279 e. The average molecular weight is 382 g/mol. The molecule has 0 aliphatic heterocycles. The Bertz CT molecular complexity index is 985. The van der Waals surface area contributed by atoms with E-state index in [1.54, 1.807) is 18.2 Å². The zero-order valence-corrected chi connectivity index (χ0v) is 14.2. The smallest absolute Gasteiger partial charge is 0.279 e. The number of nitrogens with zero attached hydrogens (tertiary/aromatic N) is 2. The topological polar surface area (TPSA) is 124 Å². The summed E-state index contributed by atoms with van der Waals surface area (Å²) in [5.41, 5.74) is 0.819. The average Bonchev–Trinajstić information content (AvgIpc) is 3.04. The van der Waals surface area contributed by atoms with Gasteiger partial charge in [-0.1, -0.05) is 29.3 Å². The minimum atomic E-state index is -1.42. The molecule has 2 heterocycles. The highest BCUT2D eigenvalue weighted by atomic mass is 35.5. The van der Waals surface area contributed by atoms with Gasteiger partial charge in [-0.2, -0.15) is 5.10 Å². The van der Waals surface area contributed by atoms with Crippen molar-refractivity contribution in [3.05, 3.63) is 56.2 Å². The molecule has 2 aromatic heterocycles. The van der Waals surface area contributed by atoms with Crippen molar-refractivity contribution in [2.24, 2.45) is 0 Å². The summed E-state index contributed by atoms with van der Waals surface area (Å²) in [5, 5.41) is 19.7. The van der Waals surface area contributed by atoms with Gasteiger partial charge in [-0.15, -0.1) is 0 Å². The molecule has 25 heavy (non-hydrogen) atoms. The van der Waals surface area contributed by atoms with Gasteiger partial charge in [0, 0.05) is 12.7 Å². The van der Waals surface area contributed by atoms with Crippen LogP contribution in [0.15, 0.2) is 29.2 Å². The molecule has 3 aromatic rings. The van der Waals surface area contributed by atoms with Crippen molar-refractivity contribution in [1.29, 1.82) is 0 Å². The van der Waals surface area contributed by atoms with Crippen LogP contribution in [0.5, 0.6) is 0 Å². The first kappa shape index (κ1) is 17.6. The number of ketones is 1. The number of aromatic amines is 2. The zero-order valence-electron chi connectivity index (χ0n) is 12.7. The Kier molecular flexibility index (Phi) is 5.14. The number of benzene rings is 1. The van der Waals surface area contributed by atoms with E-state index in [0.717, 1.165) is 5.56 Å². The lowest BCUT2D eigenvalue weighted by Gasteiger charge is -2.12. The fourth-order valence-corrected chi connectivity index (χ4v) is 2.54. The van der Waals surface area contributed by atoms with E-state index in [-0.39, 0.29) is 24.3 Å². The number of hydrogen-bond donors (Lipinski definition) is 4. The summed E-state index contributed by atoms with van der Waals surface area (Å²) in [6.45, 7) is 0.217. The summed E-state index contributed by atoms with van der Waals surface area (Å²) in [6.07, 6.45) is -0.191. The third kappa shape index (κ3) is 4.05. The number of hydrogen-bond acceptors (Lipinski definition) is 6. The molecule has 0 aliphatic rings. The summed E-state index contributed by atoms with van der Waals surface area (Å²) in [6, 6.07) is 4.99. The van der Waals surface area contributed by atoms with Crippen LogP contribution in [0.1, 0.15) is 11.4 Å². The van der Waals surface area contributed by atoms with Crippen LogP contribution in [0.4, 0.5) is 0 Å². The highest BCUT2D eigenvalue weighted by Crippen LogP contribution is 2.22. The number of halogens is 2. The number of aromatic nitrogens is 4. The van der Waals surface area contributed by atoms with E-state index < -0.39 is 17.6 Å². The first-order chi connectivity index (χ1) is 11.9. The number of aliphatic hydroxyl groups is 1. The van der Waals surface area contributed by atoms with Gasteiger partial charge in [-0.05, 0) is 17.7 Å². The van der Waals surface area contributed by atoms with Gasteiger partial charge in [0.15, 0.2) is 17.5 Å². The molecule has 10 heteroatoms. The van der Waals surface area contributed by atoms with E-state index in [0.29, 0.717) is 15.6 Å². The Morgan fingerprint density at radius 3 is 2.88 bits per heavy atom. The lowest BCUT2D eigenvalue weighted by atomic mass is 10.2. The molecule has 130 valence electrons. The fraction of sp³-hybridized carbons (Fsp3) is 0.200. The van der Waals surface area contributed by atoms with Crippen LogP contribution >= 0.6 is 23.2 Å². The molecule has 0 unspecified atom stereocenters. The molecule has 0 fully saturated rings. The molecule has 0 bridgehead atoms. The summed E-state index contributed by atoms with van der Waals surface area (Å²) < 4.78 is 0. The van der Waals surface area contributed by atoms with Crippen molar-refractivity contribution in [3.8, 4) is 0 Å². The molecule has 8 nitrogen and oxygen atoms in total. The third-order valence-electron chi connectivity index (χ3n) is 3.48. The number of Topliss-reactive ketones (excluding diaryl/α,β-unsaturated/α-hetero) is 1. The lowest BCUT2D eigenvalue weighted by molar-refractivity contribution is -0.128. The predicted molar refractivity (Wildman–Crippen MR) is 92.5 cm³/mol. The quantitative estimate of drug-likeness (QED) is 0.475. The van der Waals surface area contributed by atoms with Crippen LogP contribution in [0, 0.1) is 0 Å². The van der Waals surface area contributed by atoms with Crippen LogP contribution in [-0.2, 0) is 17.8 Å². The Morgan fingerprint density at radius 2 is 2.12 bits per heavy atom. The van der Waals surface area contributed by atoms with Gasteiger partial charge < -0.3 is 10.1 Å². The van der Waals surface area contributed by atoms with E-state index in [2.05, 4.69) is 25.5 Å². The van der Waals surface area contributed by atoms with Gasteiger partial charge in [0.2, 0.25) is 0 Å². The Hall–Kier alpha value is -2.26. The largest absolute Gasteiger partial charge is 0.371 e. The molecular weight excluding hydrogens is 369 g/mol. The number of carbonyl (C=O) groups is 1. The minimum Gasteiger partial charge on any atom is -0.371 e. The lowest BCUT2D eigenvalue weighted by Crippen LogP contribution is -2.37. The van der Waals surface area contributed by atoms with Crippen LogP contribution in [0.3, 0.4) is 0 Å². The highest BCUT2D eigenvalue weighted by Gasteiger charge is 2.17. The zero-order chi connectivity index (χ0) is 18.0. The molecular formula is C15H13Cl2N5O3. The van der Waals surface area contributed by atoms with Crippen molar-refractivity contribution in [1.82, 2.24) is 25.5 Å². The van der Waals surface area contributed by atoms with E-state index >= 15 is 0 Å². The third-order valence-corrected chi connectivity index (χ3v) is 4.22. The maximum absolute atomic E-state index is 12.1. The van der Waals surface area contributed by atoms with Crippen LogP contribution in [-0.4, -0.2) is 37.3 Å². The summed E-state index contributed by atoms with van der Waals surface area (Å²) in [5.74, 6) is -0.384. The Morgan fingerprint density at radius 1 is 1.32 bits per heavy atom. The van der Waals surface area contributed by atoms with Gasteiger partial charge in [-0.25, -0.2) is 4.98 Å². The fourth-order valence-electron chi connectivity index (χ4n) is 2.22. The molecule has 0 saturated carbocycles. The van der Waals surface area contributed by atoms with Gasteiger partial charge in [-0.3, -0.25) is 20.0 Å². The van der Waals surface area contributed by atoms with Crippen molar-refractivity contribution in [2.45, 2.75) is 19.2 Å². The van der Waals surface area contributed by atoms with Gasteiger partial charge in [0.25, 0.3) is 5.56 Å². The van der Waals surface area contributed by atoms with Crippen LogP contribution in [0.25, 0.3) is 11.0 Å². The molecule has 0 saturated heterocycles. The van der Waals surface area contributed by atoms with Gasteiger partial charge in [0.1, 0.15) is 11.3 Å². The Balaban J connectivity index is 1.63. The normalized spacial score (nSPS) is 12.4. The standard InChI is InChI=1S/C15H13Cl2N5O3/c16-8-2-1-7(3-9(8)17)5-18-14(24)11(23)4-12-20-10-6-19-22-13(10)15(25)21-12/h1-3,6,14,18,24H,4-5H2,(H,19,22)(H,20,21,25)/t14-/m0/s1. The second kappa shape index (κ2) is 7.32. The first-order valence-electron chi connectivity index (χ1n) is 7.25. The molecule has 1 aromatic carbocycles. The number of nitrogens with one attached hydrogen (secondary N) is 3. The van der Waals surface area contributed by atoms with E-state index in [9.17, 15) is 14.7 Å². The molecule has 1 atom stereocenters. The SMILES string of the molecule is O=C(Cc1nc2c[nH]nc2c(=O)[nH]1)[C@H](O)NCc1ccc(Cl)c(Cl)c1. The number of carbonyl (C=O) groups excluding carboxylic acids is 1. The summed E-state index contributed by atoms with van der Waals surface area (Å²) in [7, 11) is 0. The number of H-pyrrole nitrogens is 2. The Labute approximate surface area is 151 Å². The van der Waals surface area contributed by atoms with E-state index in [4.69, 9.17) is 23.2 Å².